The Morgan fingerprint density at radius 1 is 0.913 bits per heavy atom. The van der Waals surface area contributed by atoms with Crippen molar-refractivity contribution < 1.29 is 18.9 Å². The lowest BCUT2D eigenvalue weighted by Gasteiger charge is -2.15. The van der Waals surface area contributed by atoms with Gasteiger partial charge in [0.05, 0.1) is 14.2 Å². The average Bonchev–Trinajstić information content (AvgIpc) is 2.61. The largest absolute Gasteiger partial charge is 0.496 e. The van der Waals surface area contributed by atoms with Gasteiger partial charge >= 0.3 is 0 Å². The first-order chi connectivity index (χ1) is 11.3. The molecule has 0 fully saturated rings. The standard InChI is InChI=1S/C19H22O4/c1-20-14-23-19-13-16(21-2)12-18(22-3)17(19)11-7-10-15-8-5-4-6-9-15/h4-10,12-13H,11,14H2,1-3H3/b10-7+. The van der Waals surface area contributed by atoms with Gasteiger partial charge in [-0.2, -0.15) is 0 Å². The summed E-state index contributed by atoms with van der Waals surface area (Å²) in [7, 11) is 4.84. The van der Waals surface area contributed by atoms with Crippen molar-refractivity contribution in [3.63, 3.8) is 0 Å². The van der Waals surface area contributed by atoms with E-state index in [0.29, 0.717) is 17.9 Å². The number of methoxy groups -OCH3 is 3. The fourth-order valence-corrected chi connectivity index (χ4v) is 2.23. The Hall–Kier alpha value is -2.46. The molecule has 0 radical (unpaired) electrons. The van der Waals surface area contributed by atoms with E-state index >= 15 is 0 Å². The molecule has 0 bridgehead atoms. The Balaban J connectivity index is 2.25. The lowest BCUT2D eigenvalue weighted by Crippen LogP contribution is -2.03. The zero-order valence-corrected chi connectivity index (χ0v) is 13.7. The maximum absolute atomic E-state index is 5.66. The van der Waals surface area contributed by atoms with Gasteiger partial charge in [0, 0.05) is 24.8 Å². The highest BCUT2D eigenvalue weighted by Gasteiger charge is 2.12. The molecule has 0 spiro atoms. The first-order valence-electron chi connectivity index (χ1n) is 7.36. The summed E-state index contributed by atoms with van der Waals surface area (Å²) in [4.78, 5) is 0. The Bertz CT molecular complexity index is 635. The molecule has 0 aliphatic heterocycles. The van der Waals surface area contributed by atoms with Crippen LogP contribution in [0.2, 0.25) is 0 Å². The smallest absolute Gasteiger partial charge is 0.188 e. The second kappa shape index (κ2) is 8.86. The number of allylic oxidation sites excluding steroid dienone is 1. The van der Waals surface area contributed by atoms with Crippen LogP contribution in [0.25, 0.3) is 6.08 Å². The van der Waals surface area contributed by atoms with E-state index in [1.54, 1.807) is 21.3 Å². The monoisotopic (exact) mass is 314 g/mol. The molecule has 0 saturated heterocycles. The van der Waals surface area contributed by atoms with Gasteiger partial charge in [-0.1, -0.05) is 42.5 Å². The van der Waals surface area contributed by atoms with Gasteiger partial charge in [-0.15, -0.1) is 0 Å². The van der Waals surface area contributed by atoms with Crippen LogP contribution in [0.5, 0.6) is 17.2 Å². The second-order valence-electron chi connectivity index (χ2n) is 4.87. The maximum atomic E-state index is 5.66. The summed E-state index contributed by atoms with van der Waals surface area (Å²) < 4.78 is 21.4. The quantitative estimate of drug-likeness (QED) is 0.692. The number of rotatable bonds is 8. The molecule has 23 heavy (non-hydrogen) atoms. The van der Waals surface area contributed by atoms with E-state index in [-0.39, 0.29) is 6.79 Å². The second-order valence-corrected chi connectivity index (χ2v) is 4.87. The molecule has 122 valence electrons. The van der Waals surface area contributed by atoms with Gasteiger partial charge in [-0.25, -0.2) is 0 Å². The Labute approximate surface area is 137 Å². The van der Waals surface area contributed by atoms with Crippen LogP contribution in [0, 0.1) is 0 Å². The minimum Gasteiger partial charge on any atom is -0.496 e. The summed E-state index contributed by atoms with van der Waals surface area (Å²) in [6, 6.07) is 13.8. The van der Waals surface area contributed by atoms with Crippen LogP contribution in [0.4, 0.5) is 0 Å². The Morgan fingerprint density at radius 3 is 2.30 bits per heavy atom. The van der Waals surface area contributed by atoms with Crippen LogP contribution < -0.4 is 14.2 Å². The molecule has 0 saturated carbocycles. The topological polar surface area (TPSA) is 36.9 Å². The molecule has 0 aromatic heterocycles. The van der Waals surface area contributed by atoms with Gasteiger partial charge in [0.2, 0.25) is 0 Å². The van der Waals surface area contributed by atoms with Gasteiger partial charge in [-0.05, 0) is 12.0 Å². The molecule has 0 atom stereocenters. The van der Waals surface area contributed by atoms with Crippen LogP contribution in [0.1, 0.15) is 11.1 Å². The average molecular weight is 314 g/mol. The van der Waals surface area contributed by atoms with Gasteiger partial charge in [0.1, 0.15) is 17.2 Å². The normalized spacial score (nSPS) is 10.7. The number of benzene rings is 2. The van der Waals surface area contributed by atoms with E-state index in [4.69, 9.17) is 18.9 Å². The van der Waals surface area contributed by atoms with Crippen molar-refractivity contribution in [1.82, 2.24) is 0 Å². The van der Waals surface area contributed by atoms with Crippen LogP contribution in [0.15, 0.2) is 48.5 Å². The van der Waals surface area contributed by atoms with Crippen molar-refractivity contribution in [3.8, 4) is 17.2 Å². The summed E-state index contributed by atoms with van der Waals surface area (Å²) in [6.07, 6.45) is 4.84. The molecule has 0 N–H and O–H groups in total. The molecule has 0 heterocycles. The minimum atomic E-state index is 0.172. The van der Waals surface area contributed by atoms with Crippen molar-refractivity contribution >= 4 is 6.08 Å². The lowest BCUT2D eigenvalue weighted by molar-refractivity contribution is 0.0502. The van der Waals surface area contributed by atoms with Crippen LogP contribution in [-0.4, -0.2) is 28.1 Å². The summed E-state index contributed by atoms with van der Waals surface area (Å²) >= 11 is 0. The molecule has 4 nitrogen and oxygen atoms in total. The van der Waals surface area contributed by atoms with Gasteiger partial charge in [0.15, 0.2) is 6.79 Å². The fourth-order valence-electron chi connectivity index (χ4n) is 2.23. The zero-order chi connectivity index (χ0) is 16.5. The molecule has 0 aliphatic carbocycles. The lowest BCUT2D eigenvalue weighted by atomic mass is 10.1. The predicted molar refractivity (Wildman–Crippen MR) is 91.2 cm³/mol. The third-order valence-electron chi connectivity index (χ3n) is 3.36. The molecule has 4 heteroatoms. The summed E-state index contributed by atoms with van der Waals surface area (Å²) in [5, 5.41) is 0. The summed E-state index contributed by atoms with van der Waals surface area (Å²) in [5.74, 6) is 2.11. The van der Waals surface area contributed by atoms with E-state index in [1.165, 1.54) is 0 Å². The van der Waals surface area contributed by atoms with E-state index in [1.807, 2.05) is 30.3 Å². The Morgan fingerprint density at radius 2 is 1.65 bits per heavy atom. The number of hydrogen-bond donors (Lipinski definition) is 0. The highest BCUT2D eigenvalue weighted by Crippen LogP contribution is 2.34. The molecular weight excluding hydrogens is 292 g/mol. The van der Waals surface area contributed by atoms with E-state index in [0.717, 1.165) is 16.9 Å². The van der Waals surface area contributed by atoms with Crippen LogP contribution in [0.3, 0.4) is 0 Å². The summed E-state index contributed by atoms with van der Waals surface area (Å²) in [6.45, 7) is 0.172. The van der Waals surface area contributed by atoms with Gasteiger partial charge < -0.3 is 18.9 Å². The maximum Gasteiger partial charge on any atom is 0.188 e. The van der Waals surface area contributed by atoms with E-state index in [2.05, 4.69) is 24.3 Å². The molecule has 0 unspecified atom stereocenters. The van der Waals surface area contributed by atoms with Crippen molar-refractivity contribution in [3.05, 3.63) is 59.7 Å². The highest BCUT2D eigenvalue weighted by molar-refractivity contribution is 5.54. The Kier molecular flexibility index (Phi) is 6.51. The van der Waals surface area contributed by atoms with Crippen molar-refractivity contribution in [2.24, 2.45) is 0 Å². The SMILES string of the molecule is COCOc1cc(OC)cc(OC)c1C/C=C/c1ccccc1. The molecule has 2 rings (SSSR count). The number of ether oxygens (including phenoxy) is 4. The third kappa shape index (κ3) is 4.76. The first-order valence-corrected chi connectivity index (χ1v) is 7.36. The molecule has 2 aromatic rings. The predicted octanol–water partition coefficient (Wildman–Crippen LogP) is 3.94. The van der Waals surface area contributed by atoms with Crippen molar-refractivity contribution in [2.75, 3.05) is 28.1 Å². The number of hydrogen-bond acceptors (Lipinski definition) is 4. The van der Waals surface area contributed by atoms with Crippen LogP contribution >= 0.6 is 0 Å². The minimum absolute atomic E-state index is 0.172. The third-order valence-corrected chi connectivity index (χ3v) is 3.36. The van der Waals surface area contributed by atoms with Crippen molar-refractivity contribution in [1.29, 1.82) is 0 Å². The van der Waals surface area contributed by atoms with Crippen LogP contribution in [-0.2, 0) is 11.2 Å². The molecule has 0 aliphatic rings. The molecule has 2 aromatic carbocycles. The fraction of sp³-hybridized carbons (Fsp3) is 0.263. The van der Waals surface area contributed by atoms with E-state index < -0.39 is 0 Å². The van der Waals surface area contributed by atoms with Gasteiger partial charge in [-0.3, -0.25) is 0 Å². The summed E-state index contributed by atoms with van der Waals surface area (Å²) in [5.41, 5.74) is 2.11. The first kappa shape index (κ1) is 16.9. The molecular formula is C19H22O4. The van der Waals surface area contributed by atoms with E-state index in [9.17, 15) is 0 Å². The molecule has 0 amide bonds. The zero-order valence-electron chi connectivity index (χ0n) is 13.7. The van der Waals surface area contributed by atoms with Gasteiger partial charge in [0.25, 0.3) is 0 Å². The van der Waals surface area contributed by atoms with Crippen molar-refractivity contribution in [2.45, 2.75) is 6.42 Å². The highest BCUT2D eigenvalue weighted by atomic mass is 16.7.